The number of nitrogens with zero attached hydrogens (tertiary/aromatic N) is 1. The van der Waals surface area contributed by atoms with E-state index in [0.29, 0.717) is 12.1 Å². The fraction of sp³-hybridized carbons (Fsp3) is 0.208. The zero-order valence-corrected chi connectivity index (χ0v) is 15.7. The van der Waals surface area contributed by atoms with Gasteiger partial charge in [0.25, 0.3) is 5.91 Å². The molecule has 0 bridgehead atoms. The number of carbonyl (C=O) groups is 1. The largest absolute Gasteiger partial charge is 0.348 e. The standard InChI is InChI=1S/C24H23FN2O/c25-23-7-3-4-19(14-23)15-26-24(28)21-10-8-18(9-11-21)16-27-13-12-20-5-1-2-6-22(20)17-27/h1-11,14H,12-13,15-17H2,(H,26,28). The molecular weight excluding hydrogens is 351 g/mol. The Hall–Kier alpha value is -2.98. The molecule has 0 saturated carbocycles. The molecule has 0 radical (unpaired) electrons. The molecule has 1 aliphatic heterocycles. The van der Waals surface area contributed by atoms with Crippen molar-refractivity contribution >= 4 is 5.91 Å². The number of nitrogens with one attached hydrogen (secondary N) is 1. The molecule has 0 aliphatic carbocycles. The molecule has 1 aliphatic rings. The minimum atomic E-state index is -0.295. The van der Waals surface area contributed by atoms with E-state index >= 15 is 0 Å². The maximum absolute atomic E-state index is 13.2. The van der Waals surface area contributed by atoms with Gasteiger partial charge in [-0.25, -0.2) is 4.39 Å². The van der Waals surface area contributed by atoms with E-state index in [-0.39, 0.29) is 11.7 Å². The van der Waals surface area contributed by atoms with Crippen LogP contribution in [-0.2, 0) is 26.1 Å². The monoisotopic (exact) mass is 374 g/mol. The minimum absolute atomic E-state index is 0.150. The van der Waals surface area contributed by atoms with E-state index in [1.807, 2.05) is 24.3 Å². The van der Waals surface area contributed by atoms with Crippen molar-refractivity contribution in [1.29, 1.82) is 0 Å². The van der Waals surface area contributed by atoms with E-state index in [1.165, 1.54) is 28.8 Å². The fourth-order valence-electron chi connectivity index (χ4n) is 3.64. The maximum Gasteiger partial charge on any atom is 0.251 e. The Bertz CT molecular complexity index is 968. The summed E-state index contributed by atoms with van der Waals surface area (Å²) >= 11 is 0. The first-order valence-electron chi connectivity index (χ1n) is 9.58. The summed E-state index contributed by atoms with van der Waals surface area (Å²) in [6, 6.07) is 22.6. The van der Waals surface area contributed by atoms with Crippen molar-refractivity contribution in [2.75, 3.05) is 6.54 Å². The van der Waals surface area contributed by atoms with Crippen molar-refractivity contribution in [3.63, 3.8) is 0 Å². The van der Waals surface area contributed by atoms with Crippen LogP contribution in [0.3, 0.4) is 0 Å². The average molecular weight is 374 g/mol. The van der Waals surface area contributed by atoms with Gasteiger partial charge in [0.1, 0.15) is 5.82 Å². The van der Waals surface area contributed by atoms with Crippen LogP contribution in [-0.4, -0.2) is 17.4 Å². The van der Waals surface area contributed by atoms with Gasteiger partial charge in [-0.3, -0.25) is 9.69 Å². The van der Waals surface area contributed by atoms with Gasteiger partial charge in [0.05, 0.1) is 0 Å². The summed E-state index contributed by atoms with van der Waals surface area (Å²) in [5, 5.41) is 2.84. The van der Waals surface area contributed by atoms with E-state index in [0.717, 1.165) is 31.6 Å². The number of halogens is 1. The van der Waals surface area contributed by atoms with Gasteiger partial charge in [-0.05, 0) is 52.9 Å². The number of rotatable bonds is 5. The molecule has 0 aromatic heterocycles. The van der Waals surface area contributed by atoms with Crippen LogP contribution >= 0.6 is 0 Å². The van der Waals surface area contributed by atoms with Gasteiger partial charge in [-0.1, -0.05) is 48.5 Å². The van der Waals surface area contributed by atoms with Crippen LogP contribution in [0.2, 0.25) is 0 Å². The lowest BCUT2D eigenvalue weighted by Crippen LogP contribution is -2.30. The van der Waals surface area contributed by atoms with Gasteiger partial charge in [-0.2, -0.15) is 0 Å². The SMILES string of the molecule is O=C(NCc1cccc(F)c1)c1ccc(CN2CCc3ccccc3C2)cc1. The summed E-state index contributed by atoms with van der Waals surface area (Å²) in [7, 11) is 0. The highest BCUT2D eigenvalue weighted by atomic mass is 19.1. The average Bonchev–Trinajstić information content (AvgIpc) is 2.72. The molecule has 0 unspecified atom stereocenters. The number of amides is 1. The Morgan fingerprint density at radius 3 is 2.50 bits per heavy atom. The fourth-order valence-corrected chi connectivity index (χ4v) is 3.64. The molecule has 3 aromatic rings. The quantitative estimate of drug-likeness (QED) is 0.722. The smallest absolute Gasteiger partial charge is 0.251 e. The normalized spacial score (nSPS) is 13.8. The molecule has 28 heavy (non-hydrogen) atoms. The summed E-state index contributed by atoms with van der Waals surface area (Å²) in [6.07, 6.45) is 1.08. The second-order valence-electron chi connectivity index (χ2n) is 7.24. The molecule has 0 fully saturated rings. The maximum atomic E-state index is 13.2. The lowest BCUT2D eigenvalue weighted by Gasteiger charge is -2.28. The van der Waals surface area contributed by atoms with E-state index in [2.05, 4.69) is 34.5 Å². The Kier molecular flexibility index (Phi) is 5.49. The minimum Gasteiger partial charge on any atom is -0.348 e. The lowest BCUT2D eigenvalue weighted by molar-refractivity contribution is 0.0951. The van der Waals surface area contributed by atoms with E-state index in [1.54, 1.807) is 12.1 Å². The second-order valence-corrected chi connectivity index (χ2v) is 7.24. The van der Waals surface area contributed by atoms with Crippen LogP contribution in [0.1, 0.15) is 32.6 Å². The molecule has 1 amide bonds. The summed E-state index contributed by atoms with van der Waals surface area (Å²) in [5.74, 6) is -0.445. The van der Waals surface area contributed by atoms with Crippen LogP contribution < -0.4 is 5.32 Å². The zero-order valence-electron chi connectivity index (χ0n) is 15.7. The van der Waals surface area contributed by atoms with E-state index < -0.39 is 0 Å². The number of carbonyl (C=O) groups excluding carboxylic acids is 1. The summed E-state index contributed by atoms with van der Waals surface area (Å²) < 4.78 is 13.2. The predicted molar refractivity (Wildman–Crippen MR) is 108 cm³/mol. The van der Waals surface area contributed by atoms with Crippen molar-refractivity contribution in [1.82, 2.24) is 10.2 Å². The van der Waals surface area contributed by atoms with Crippen molar-refractivity contribution < 1.29 is 9.18 Å². The predicted octanol–water partition coefficient (Wildman–Crippen LogP) is 4.31. The first kappa shape index (κ1) is 18.4. The highest BCUT2D eigenvalue weighted by molar-refractivity contribution is 5.94. The summed E-state index contributed by atoms with van der Waals surface area (Å²) in [6.45, 7) is 3.20. The Morgan fingerprint density at radius 2 is 1.71 bits per heavy atom. The summed E-state index contributed by atoms with van der Waals surface area (Å²) in [4.78, 5) is 14.8. The van der Waals surface area contributed by atoms with Crippen LogP contribution in [0.15, 0.2) is 72.8 Å². The molecule has 0 atom stereocenters. The molecule has 0 saturated heterocycles. The van der Waals surface area contributed by atoms with Gasteiger partial charge in [-0.15, -0.1) is 0 Å². The third kappa shape index (κ3) is 4.46. The zero-order chi connectivity index (χ0) is 19.3. The van der Waals surface area contributed by atoms with Crippen LogP contribution in [0.25, 0.3) is 0 Å². The number of hydrogen-bond acceptors (Lipinski definition) is 2. The van der Waals surface area contributed by atoms with Gasteiger partial charge < -0.3 is 5.32 Å². The number of hydrogen-bond donors (Lipinski definition) is 1. The highest BCUT2D eigenvalue weighted by Gasteiger charge is 2.16. The molecule has 3 aromatic carbocycles. The Labute approximate surface area is 164 Å². The van der Waals surface area contributed by atoms with Crippen molar-refractivity contribution in [3.05, 3.63) is 106 Å². The molecule has 4 rings (SSSR count). The molecule has 142 valence electrons. The molecule has 1 heterocycles. The summed E-state index contributed by atoms with van der Waals surface area (Å²) in [5.41, 5.74) is 5.41. The Morgan fingerprint density at radius 1 is 0.929 bits per heavy atom. The van der Waals surface area contributed by atoms with Crippen LogP contribution in [0.5, 0.6) is 0 Å². The number of fused-ring (bicyclic) bond motifs is 1. The van der Waals surface area contributed by atoms with Crippen LogP contribution in [0.4, 0.5) is 4.39 Å². The van der Waals surface area contributed by atoms with Gasteiger partial charge >= 0.3 is 0 Å². The molecule has 1 N–H and O–H groups in total. The van der Waals surface area contributed by atoms with Crippen molar-refractivity contribution in [2.45, 2.75) is 26.1 Å². The molecular formula is C24H23FN2O. The first-order valence-corrected chi connectivity index (χ1v) is 9.58. The molecule has 0 spiro atoms. The van der Waals surface area contributed by atoms with Gasteiger partial charge in [0, 0.05) is 31.7 Å². The van der Waals surface area contributed by atoms with Gasteiger partial charge in [0.15, 0.2) is 0 Å². The first-order chi connectivity index (χ1) is 13.7. The van der Waals surface area contributed by atoms with Crippen molar-refractivity contribution in [2.24, 2.45) is 0 Å². The lowest BCUT2D eigenvalue weighted by atomic mass is 9.99. The van der Waals surface area contributed by atoms with E-state index in [4.69, 9.17) is 0 Å². The van der Waals surface area contributed by atoms with E-state index in [9.17, 15) is 9.18 Å². The third-order valence-electron chi connectivity index (χ3n) is 5.17. The number of benzene rings is 3. The highest BCUT2D eigenvalue weighted by Crippen LogP contribution is 2.20. The van der Waals surface area contributed by atoms with Gasteiger partial charge in [0.2, 0.25) is 0 Å². The third-order valence-corrected chi connectivity index (χ3v) is 5.17. The molecule has 3 nitrogen and oxygen atoms in total. The second kappa shape index (κ2) is 8.36. The molecule has 4 heteroatoms. The van der Waals surface area contributed by atoms with Crippen molar-refractivity contribution in [3.8, 4) is 0 Å². The van der Waals surface area contributed by atoms with Crippen LogP contribution in [0, 0.1) is 5.82 Å². The topological polar surface area (TPSA) is 32.3 Å². The Balaban J connectivity index is 1.33.